The number of halogens is 8. The molecule has 0 fully saturated rings. The molecule has 2 nitrogen and oxygen atoms in total. The molecule has 12 heteroatoms. The molecule has 184 valence electrons. The zero-order valence-electron chi connectivity index (χ0n) is 17.1. The van der Waals surface area contributed by atoms with Gasteiger partial charge in [-0.05, 0) is 36.7 Å². The van der Waals surface area contributed by atoms with Crippen LogP contribution in [0.4, 0.5) is 35.1 Å². The van der Waals surface area contributed by atoms with Crippen molar-refractivity contribution in [3.05, 3.63) is 12.2 Å². The number of carbonyl (C=O) groups is 1. The maximum Gasteiger partial charge on any atom is 0.378 e. The summed E-state index contributed by atoms with van der Waals surface area (Å²) >= 11 is 8.08. The molecule has 0 aliphatic rings. The number of ether oxygens (including phenoxy) is 1. The molecule has 0 bridgehead atoms. The number of carbonyl (C=O) groups excluding carboxylic acids is 1. The number of hydrogen-bond donors (Lipinski definition) is 2. The fourth-order valence-corrected chi connectivity index (χ4v) is 3.27. The molecule has 0 saturated heterocycles. The van der Waals surface area contributed by atoms with Gasteiger partial charge in [-0.2, -0.15) is 60.4 Å². The van der Waals surface area contributed by atoms with Gasteiger partial charge in [0, 0.05) is 18.4 Å². The highest BCUT2D eigenvalue weighted by Gasteiger charge is 2.79. The molecule has 0 aromatic heterocycles. The smallest absolute Gasteiger partial charge is 0.378 e. The Morgan fingerprint density at radius 2 is 1.32 bits per heavy atom. The maximum absolute atomic E-state index is 13.8. The molecule has 0 aromatic carbocycles. The number of esters is 1. The van der Waals surface area contributed by atoms with Crippen molar-refractivity contribution >= 4 is 31.2 Å². The predicted octanol–water partition coefficient (Wildman–Crippen LogP) is 6.85. The molecule has 0 aromatic rings. The molecule has 0 rings (SSSR count). The fraction of sp³-hybridized carbons (Fsp3) is 0.842. The summed E-state index contributed by atoms with van der Waals surface area (Å²) in [6, 6.07) is 0. The van der Waals surface area contributed by atoms with E-state index in [9.17, 15) is 39.9 Å². The summed E-state index contributed by atoms with van der Waals surface area (Å²) in [6.45, 7) is 4.23. The Labute approximate surface area is 188 Å². The van der Waals surface area contributed by atoms with Gasteiger partial charge >= 0.3 is 29.7 Å². The quantitative estimate of drug-likeness (QED) is 0.0790. The first kappa shape index (κ1) is 30.4. The Morgan fingerprint density at radius 1 is 0.871 bits per heavy atom. The second-order valence-electron chi connectivity index (χ2n) is 7.29. The van der Waals surface area contributed by atoms with Crippen molar-refractivity contribution in [2.75, 3.05) is 18.1 Å². The van der Waals surface area contributed by atoms with Crippen molar-refractivity contribution in [1.29, 1.82) is 0 Å². The van der Waals surface area contributed by atoms with E-state index < -0.39 is 61.9 Å². The maximum atomic E-state index is 13.8. The third-order valence-corrected chi connectivity index (χ3v) is 5.65. The van der Waals surface area contributed by atoms with Crippen molar-refractivity contribution in [1.82, 2.24) is 0 Å². The van der Waals surface area contributed by atoms with Crippen LogP contribution in [0.5, 0.6) is 0 Å². The van der Waals surface area contributed by atoms with Gasteiger partial charge in [0.05, 0.1) is 6.61 Å². The van der Waals surface area contributed by atoms with E-state index in [1.54, 1.807) is 6.92 Å². The molecule has 0 radical (unpaired) electrons. The van der Waals surface area contributed by atoms with Crippen LogP contribution in [0.3, 0.4) is 0 Å². The lowest BCUT2D eigenvalue weighted by atomic mass is 9.93. The summed E-state index contributed by atoms with van der Waals surface area (Å²) in [5, 5.41) is 0. The van der Waals surface area contributed by atoms with Gasteiger partial charge in [0.25, 0.3) is 0 Å². The van der Waals surface area contributed by atoms with Gasteiger partial charge in [-0.15, -0.1) is 0 Å². The van der Waals surface area contributed by atoms with Crippen LogP contribution < -0.4 is 0 Å². The zero-order valence-corrected chi connectivity index (χ0v) is 18.9. The first-order valence-electron chi connectivity index (χ1n) is 9.69. The van der Waals surface area contributed by atoms with E-state index in [0.717, 1.165) is 0 Å². The van der Waals surface area contributed by atoms with Crippen LogP contribution in [0.2, 0.25) is 0 Å². The molecule has 0 aliphatic heterocycles. The average Bonchev–Trinajstić information content (AvgIpc) is 2.68. The van der Waals surface area contributed by atoms with E-state index in [1.165, 1.54) is 0 Å². The fourth-order valence-electron chi connectivity index (χ4n) is 2.55. The number of unbranched alkanes of at least 4 members (excludes halogenated alkanes) is 2. The van der Waals surface area contributed by atoms with E-state index in [-0.39, 0.29) is 24.3 Å². The van der Waals surface area contributed by atoms with Gasteiger partial charge in [0.2, 0.25) is 0 Å². The minimum absolute atomic E-state index is 0.0246. The van der Waals surface area contributed by atoms with Crippen LogP contribution in [0.15, 0.2) is 12.2 Å². The Hall–Kier alpha value is -0.650. The molecule has 0 saturated carbocycles. The Bertz CT molecular complexity index is 581. The van der Waals surface area contributed by atoms with Crippen molar-refractivity contribution in [3.63, 3.8) is 0 Å². The van der Waals surface area contributed by atoms with Crippen molar-refractivity contribution in [2.45, 2.75) is 75.6 Å². The highest BCUT2D eigenvalue weighted by atomic mass is 32.1. The number of thiol groups is 2. The molecule has 0 spiro atoms. The second-order valence-corrected chi connectivity index (χ2v) is 8.02. The van der Waals surface area contributed by atoms with Crippen molar-refractivity contribution < 1.29 is 44.7 Å². The molecular weight excluding hydrogens is 476 g/mol. The number of alkyl halides is 8. The van der Waals surface area contributed by atoms with Crippen LogP contribution in [-0.4, -0.2) is 47.8 Å². The third kappa shape index (κ3) is 8.01. The van der Waals surface area contributed by atoms with Crippen molar-refractivity contribution in [2.24, 2.45) is 5.92 Å². The van der Waals surface area contributed by atoms with Gasteiger partial charge in [-0.1, -0.05) is 26.3 Å². The highest BCUT2D eigenvalue weighted by Crippen LogP contribution is 2.55. The molecule has 0 aliphatic carbocycles. The molecule has 31 heavy (non-hydrogen) atoms. The van der Waals surface area contributed by atoms with E-state index in [0.29, 0.717) is 17.9 Å². The van der Waals surface area contributed by atoms with E-state index in [2.05, 4.69) is 36.6 Å². The van der Waals surface area contributed by atoms with Crippen molar-refractivity contribution in [3.8, 4) is 0 Å². The minimum atomic E-state index is -6.30. The number of hydrogen-bond acceptors (Lipinski definition) is 4. The lowest BCUT2D eigenvalue weighted by molar-refractivity contribution is -0.368. The lowest BCUT2D eigenvalue weighted by Gasteiger charge is -2.37. The summed E-state index contributed by atoms with van der Waals surface area (Å²) in [4.78, 5) is 11.7. The monoisotopic (exact) mass is 504 g/mol. The van der Waals surface area contributed by atoms with Crippen LogP contribution in [-0.2, 0) is 9.53 Å². The van der Waals surface area contributed by atoms with Gasteiger partial charge in [0.1, 0.15) is 0 Å². The Morgan fingerprint density at radius 3 is 1.74 bits per heavy atom. The SMILES string of the molecule is C=C(CC(CS)CS)C(=O)OCCCC(F)(F)C(F)(F)C(F)(F)C(F)(F)CCCCC. The summed E-state index contributed by atoms with van der Waals surface area (Å²) in [6.07, 6.45) is -4.41. The van der Waals surface area contributed by atoms with Crippen LogP contribution in [0.25, 0.3) is 0 Å². The summed E-state index contributed by atoms with van der Waals surface area (Å²) in [5.41, 5.74) is -0.0246. The topological polar surface area (TPSA) is 26.3 Å². The largest absolute Gasteiger partial charge is 0.462 e. The molecule has 0 N–H and O–H groups in total. The molecule has 0 heterocycles. The van der Waals surface area contributed by atoms with Gasteiger partial charge < -0.3 is 4.74 Å². The molecule has 0 amide bonds. The summed E-state index contributed by atoms with van der Waals surface area (Å²) in [5.74, 6) is -23.6. The highest BCUT2D eigenvalue weighted by molar-refractivity contribution is 7.81. The molecule has 0 unspecified atom stereocenters. The Balaban J connectivity index is 4.91. The normalized spacial score (nSPS) is 13.5. The summed E-state index contributed by atoms with van der Waals surface area (Å²) < 4.78 is 115. The first-order chi connectivity index (χ1) is 14.1. The van der Waals surface area contributed by atoms with E-state index >= 15 is 0 Å². The van der Waals surface area contributed by atoms with Gasteiger partial charge in [0.15, 0.2) is 0 Å². The van der Waals surface area contributed by atoms with Crippen LogP contribution >= 0.6 is 25.3 Å². The first-order valence-corrected chi connectivity index (χ1v) is 11.0. The standard InChI is InChI=1S/C19H28F8O2S2/c1-3-4-5-7-16(20,21)18(24,25)19(26,27)17(22,23)8-6-9-29-15(28)13(2)10-14(11-30)12-31/h14,30-31H,2-12H2,1H3. The molecular formula is C19H28F8O2S2. The predicted molar refractivity (Wildman–Crippen MR) is 109 cm³/mol. The molecule has 0 atom stereocenters. The minimum Gasteiger partial charge on any atom is -0.462 e. The second kappa shape index (κ2) is 12.6. The lowest BCUT2D eigenvalue weighted by Crippen LogP contribution is -2.62. The van der Waals surface area contributed by atoms with E-state index in [1.807, 2.05) is 0 Å². The zero-order chi connectivity index (χ0) is 24.5. The van der Waals surface area contributed by atoms with E-state index in [4.69, 9.17) is 0 Å². The summed E-state index contributed by atoms with van der Waals surface area (Å²) in [7, 11) is 0. The van der Waals surface area contributed by atoms with Gasteiger partial charge in [-0.25, -0.2) is 4.79 Å². The van der Waals surface area contributed by atoms with Crippen LogP contribution in [0.1, 0.15) is 51.9 Å². The number of rotatable bonds is 16. The van der Waals surface area contributed by atoms with Crippen LogP contribution in [0, 0.1) is 5.92 Å². The van der Waals surface area contributed by atoms with Gasteiger partial charge in [-0.3, -0.25) is 0 Å². The Kier molecular flexibility index (Phi) is 12.3. The third-order valence-electron chi connectivity index (χ3n) is 4.62. The average molecular weight is 505 g/mol.